The highest BCUT2D eigenvalue weighted by Gasteiger charge is 2.45. The average Bonchev–Trinajstić information content (AvgIpc) is 2.56. The summed E-state index contributed by atoms with van der Waals surface area (Å²) in [4.78, 5) is 12.0. The number of benzene rings is 1. The molecule has 3 rings (SSSR count). The van der Waals surface area contributed by atoms with E-state index in [9.17, 15) is 13.2 Å². The van der Waals surface area contributed by atoms with Gasteiger partial charge in [-0.15, -0.1) is 0 Å². The average molecular weight is 371 g/mol. The first-order valence-electron chi connectivity index (χ1n) is 7.41. The lowest BCUT2D eigenvalue weighted by molar-refractivity contribution is 0.108. The van der Waals surface area contributed by atoms with Crippen LogP contribution in [0.15, 0.2) is 30.3 Å². The van der Waals surface area contributed by atoms with Gasteiger partial charge >= 0.3 is 16.4 Å². The van der Waals surface area contributed by atoms with Crippen molar-refractivity contribution in [2.24, 2.45) is 0 Å². The van der Waals surface area contributed by atoms with Gasteiger partial charge in [0.2, 0.25) is 0 Å². The molecule has 0 spiro atoms. The second-order valence-corrected chi connectivity index (χ2v) is 7.31. The molecule has 2 fully saturated rings. The summed E-state index contributed by atoms with van der Waals surface area (Å²) in [5, 5.41) is 5.56. The zero-order chi connectivity index (χ0) is 17.2. The summed E-state index contributed by atoms with van der Waals surface area (Å²) in [7, 11) is -3.92. The molecule has 10 heteroatoms. The zero-order valence-corrected chi connectivity index (χ0v) is 14.3. The molecule has 2 N–H and O–H groups in total. The van der Waals surface area contributed by atoms with Crippen molar-refractivity contribution in [3.63, 3.8) is 0 Å². The maximum Gasteiger partial charge on any atom is 0.407 e. The molecule has 1 aromatic rings. The van der Waals surface area contributed by atoms with E-state index in [4.69, 9.17) is 21.1 Å². The Bertz CT molecular complexity index is 725. The van der Waals surface area contributed by atoms with E-state index in [1.807, 2.05) is 30.3 Å². The molecule has 2 atom stereocenters. The Labute approximate surface area is 145 Å². The van der Waals surface area contributed by atoms with Gasteiger partial charge in [0.05, 0.1) is 18.7 Å². The third-order valence-corrected chi connectivity index (χ3v) is 5.66. The van der Waals surface area contributed by atoms with Crippen LogP contribution < -0.4 is 10.6 Å². The van der Waals surface area contributed by atoms with Crippen LogP contribution in [0.1, 0.15) is 12.0 Å². The first-order chi connectivity index (χ1) is 11.5. The fourth-order valence-corrected chi connectivity index (χ4v) is 4.48. The summed E-state index contributed by atoms with van der Waals surface area (Å²) in [6, 6.07) is 8.25. The highest BCUT2D eigenvalue weighted by Crippen LogP contribution is 2.24. The monoisotopic (exact) mass is 371 g/mol. The number of amides is 1. The second kappa shape index (κ2) is 6.91. The van der Waals surface area contributed by atoms with E-state index in [1.165, 1.54) is 0 Å². The van der Waals surface area contributed by atoms with Crippen LogP contribution in [0.3, 0.4) is 0 Å². The van der Waals surface area contributed by atoms with Crippen molar-refractivity contribution in [2.45, 2.75) is 25.1 Å². The van der Waals surface area contributed by atoms with Crippen molar-refractivity contribution in [3.8, 4) is 0 Å². The van der Waals surface area contributed by atoms with E-state index in [1.54, 1.807) is 0 Å². The van der Waals surface area contributed by atoms with E-state index < -0.39 is 28.5 Å². The van der Waals surface area contributed by atoms with Gasteiger partial charge in [0.25, 0.3) is 0 Å². The number of fused-ring (bicyclic) bond motifs is 1. The molecule has 8 nitrogen and oxygen atoms in total. The number of hydrogen-bond donors (Lipinski definition) is 2. The normalized spacial score (nSPS) is 25.3. The summed E-state index contributed by atoms with van der Waals surface area (Å²) in [6.07, 6.45) is -0.122. The summed E-state index contributed by atoms with van der Waals surface area (Å²) in [5.41, 5.74) is 0.861. The Morgan fingerprint density at radius 3 is 2.92 bits per heavy atom. The Balaban J connectivity index is 1.62. The lowest BCUT2D eigenvalue weighted by atomic mass is 10.0. The number of ether oxygens (including phenoxy) is 1. The van der Waals surface area contributed by atoms with Crippen LogP contribution in [-0.4, -0.2) is 49.2 Å². The van der Waals surface area contributed by atoms with E-state index in [0.717, 1.165) is 9.87 Å². The van der Waals surface area contributed by atoms with Crippen LogP contribution in [0, 0.1) is 0 Å². The third kappa shape index (κ3) is 3.60. The van der Waals surface area contributed by atoms with E-state index >= 15 is 0 Å². The van der Waals surface area contributed by atoms with Gasteiger partial charge in [0.15, 0.2) is 5.11 Å². The molecule has 130 valence electrons. The number of nitrogens with one attached hydrogen (secondary N) is 2. The molecule has 0 radical (unpaired) electrons. The molecule has 0 aromatic heterocycles. The van der Waals surface area contributed by atoms with Crippen LogP contribution >= 0.6 is 12.2 Å². The molecular formula is C14H17N3O5S2. The minimum atomic E-state index is -3.92. The molecule has 2 heterocycles. The van der Waals surface area contributed by atoms with Gasteiger partial charge in [-0.3, -0.25) is 4.18 Å². The van der Waals surface area contributed by atoms with Gasteiger partial charge < -0.3 is 15.4 Å². The number of thiocarbonyl (C=S) groups is 1. The second-order valence-electron chi connectivity index (χ2n) is 5.44. The summed E-state index contributed by atoms with van der Waals surface area (Å²) in [6.45, 7) is 0.520. The smallest absolute Gasteiger partial charge is 0.407 e. The predicted molar refractivity (Wildman–Crippen MR) is 89.3 cm³/mol. The molecule has 2 aliphatic heterocycles. The van der Waals surface area contributed by atoms with E-state index in [-0.39, 0.29) is 18.3 Å². The van der Waals surface area contributed by atoms with Crippen LogP contribution in [0.5, 0.6) is 0 Å². The minimum Gasteiger partial charge on any atom is -0.445 e. The van der Waals surface area contributed by atoms with Gasteiger partial charge in [-0.2, -0.15) is 8.42 Å². The minimum absolute atomic E-state index is 0.0791. The van der Waals surface area contributed by atoms with Crippen LogP contribution in [0.4, 0.5) is 4.79 Å². The predicted octanol–water partition coefficient (Wildman–Crippen LogP) is 0.505. The highest BCUT2D eigenvalue weighted by atomic mass is 32.2. The third-order valence-electron chi connectivity index (χ3n) is 3.84. The molecule has 0 unspecified atom stereocenters. The van der Waals surface area contributed by atoms with Crippen molar-refractivity contribution in [2.75, 3.05) is 13.2 Å². The number of carbonyl (C=O) groups is 1. The van der Waals surface area contributed by atoms with Crippen LogP contribution in [0.25, 0.3) is 0 Å². The van der Waals surface area contributed by atoms with Crippen molar-refractivity contribution < 1.29 is 22.1 Å². The Hall–Kier alpha value is -1.91. The molecule has 2 aliphatic rings. The standard InChI is InChI=1S/C14H17N3O5S2/c18-14(21-8-10-4-2-1-3-5-10)16-11-9-22-24(19,20)17-12(11)6-7-15-13(17)23/h1-5,11-12H,6-9H2,(H,15,23)(H,16,18)/t11-,12-/m1/s1. The molecule has 0 aliphatic carbocycles. The first-order valence-corrected chi connectivity index (χ1v) is 9.18. The molecule has 2 saturated heterocycles. The fourth-order valence-electron chi connectivity index (χ4n) is 2.69. The van der Waals surface area contributed by atoms with Crippen LogP contribution in [-0.2, 0) is 25.8 Å². The Kier molecular flexibility index (Phi) is 4.88. The fraction of sp³-hybridized carbons (Fsp3) is 0.429. The van der Waals surface area contributed by atoms with Crippen molar-refractivity contribution in [3.05, 3.63) is 35.9 Å². The molecule has 0 saturated carbocycles. The number of hydrogen-bond acceptors (Lipinski definition) is 6. The van der Waals surface area contributed by atoms with E-state index in [2.05, 4.69) is 10.6 Å². The van der Waals surface area contributed by atoms with Crippen molar-refractivity contribution >= 4 is 33.7 Å². The molecule has 24 heavy (non-hydrogen) atoms. The quantitative estimate of drug-likeness (QED) is 0.747. The van der Waals surface area contributed by atoms with E-state index in [0.29, 0.717) is 13.0 Å². The maximum absolute atomic E-state index is 12.0. The summed E-state index contributed by atoms with van der Waals surface area (Å²) >= 11 is 5.05. The molecular weight excluding hydrogens is 354 g/mol. The number of nitrogens with zero attached hydrogens (tertiary/aromatic N) is 1. The van der Waals surface area contributed by atoms with Crippen molar-refractivity contribution in [1.82, 2.24) is 14.9 Å². The maximum atomic E-state index is 12.0. The van der Waals surface area contributed by atoms with Gasteiger partial charge in [-0.25, -0.2) is 9.10 Å². The molecule has 1 aromatic carbocycles. The largest absolute Gasteiger partial charge is 0.445 e. The molecule has 0 bridgehead atoms. The van der Waals surface area contributed by atoms with Gasteiger partial charge in [0.1, 0.15) is 6.61 Å². The van der Waals surface area contributed by atoms with Crippen LogP contribution in [0.2, 0.25) is 0 Å². The summed E-state index contributed by atoms with van der Waals surface area (Å²) < 4.78 is 35.1. The Morgan fingerprint density at radius 1 is 1.42 bits per heavy atom. The van der Waals surface area contributed by atoms with Crippen molar-refractivity contribution in [1.29, 1.82) is 0 Å². The topological polar surface area (TPSA) is 97.0 Å². The zero-order valence-electron chi connectivity index (χ0n) is 12.7. The number of alkyl carbamates (subject to hydrolysis) is 1. The van der Waals surface area contributed by atoms with Gasteiger partial charge in [-0.1, -0.05) is 30.3 Å². The van der Waals surface area contributed by atoms with Gasteiger partial charge in [0, 0.05) is 6.54 Å². The molecule has 1 amide bonds. The lowest BCUT2D eigenvalue weighted by Crippen LogP contribution is -2.66. The lowest BCUT2D eigenvalue weighted by Gasteiger charge is -2.43. The van der Waals surface area contributed by atoms with Gasteiger partial charge in [-0.05, 0) is 24.2 Å². The Morgan fingerprint density at radius 2 is 2.17 bits per heavy atom. The SMILES string of the molecule is O=C(N[C@@H]1COS(=O)(=O)N2C(=S)NCC[C@H]12)OCc1ccccc1. The first kappa shape index (κ1) is 16.9. The summed E-state index contributed by atoms with van der Waals surface area (Å²) in [5.74, 6) is 0. The highest BCUT2D eigenvalue weighted by molar-refractivity contribution is 7.87. The number of carbonyl (C=O) groups excluding carboxylic acids is 1. The number of rotatable bonds is 3.